The number of aromatic nitrogens is 1. The first-order valence-corrected chi connectivity index (χ1v) is 9.11. The quantitative estimate of drug-likeness (QED) is 0.827. The van der Waals surface area contributed by atoms with Crippen LogP contribution in [-0.4, -0.2) is 24.3 Å². The number of nitrogens with one attached hydrogen (secondary N) is 1. The van der Waals surface area contributed by atoms with Crippen LogP contribution >= 0.6 is 11.3 Å². The molecule has 1 fully saturated rings. The Kier molecular flexibility index (Phi) is 6.02. The highest BCUT2D eigenvalue weighted by atomic mass is 32.1. The van der Waals surface area contributed by atoms with Gasteiger partial charge in [-0.05, 0) is 43.9 Å². The molecule has 1 unspecified atom stereocenters. The van der Waals surface area contributed by atoms with Gasteiger partial charge in [-0.25, -0.2) is 4.98 Å². The van der Waals surface area contributed by atoms with Gasteiger partial charge < -0.3 is 14.8 Å². The lowest BCUT2D eigenvalue weighted by molar-refractivity contribution is -0.0447. The van der Waals surface area contributed by atoms with Gasteiger partial charge in [0.1, 0.15) is 5.01 Å². The number of hydrogen-bond acceptors (Lipinski definition) is 5. The minimum Gasteiger partial charge on any atom is -0.379 e. The Morgan fingerprint density at radius 3 is 3.13 bits per heavy atom. The maximum absolute atomic E-state index is 5.82. The van der Waals surface area contributed by atoms with Gasteiger partial charge in [0.15, 0.2) is 0 Å². The summed E-state index contributed by atoms with van der Waals surface area (Å²) in [5.74, 6) is 0. The first-order valence-electron chi connectivity index (χ1n) is 8.23. The molecule has 2 heterocycles. The first kappa shape index (κ1) is 16.4. The standard InChI is InChI=1S/C18H24N2O2S/c1-14-13-23-18(20-14)10-19-16-6-4-5-15(9-16)11-21-12-17-7-2-3-8-22-17/h4-6,9,13,17,19H,2-3,7-8,10-12H2,1H3. The molecule has 1 aromatic heterocycles. The molecule has 1 atom stereocenters. The molecule has 3 rings (SSSR count). The van der Waals surface area contributed by atoms with Crippen molar-refractivity contribution in [3.05, 3.63) is 45.9 Å². The lowest BCUT2D eigenvalue weighted by Crippen LogP contribution is -2.24. The van der Waals surface area contributed by atoms with Crippen molar-refractivity contribution in [3.8, 4) is 0 Å². The molecular formula is C18H24N2O2S. The lowest BCUT2D eigenvalue weighted by atomic mass is 10.1. The van der Waals surface area contributed by atoms with Crippen molar-refractivity contribution < 1.29 is 9.47 Å². The number of rotatable bonds is 7. The second-order valence-electron chi connectivity index (χ2n) is 5.94. The van der Waals surface area contributed by atoms with Gasteiger partial charge in [0.2, 0.25) is 0 Å². The molecule has 1 aliphatic rings. The number of anilines is 1. The molecule has 0 saturated carbocycles. The summed E-state index contributed by atoms with van der Waals surface area (Å²) in [6, 6.07) is 8.38. The molecular weight excluding hydrogens is 308 g/mol. The smallest absolute Gasteiger partial charge is 0.112 e. The molecule has 0 radical (unpaired) electrons. The third-order valence-electron chi connectivity index (χ3n) is 3.88. The maximum Gasteiger partial charge on any atom is 0.112 e. The van der Waals surface area contributed by atoms with E-state index in [0.29, 0.717) is 13.2 Å². The summed E-state index contributed by atoms with van der Waals surface area (Å²) in [5, 5.41) is 6.61. The summed E-state index contributed by atoms with van der Waals surface area (Å²) in [4.78, 5) is 4.47. The van der Waals surface area contributed by atoms with Crippen molar-refractivity contribution in [2.75, 3.05) is 18.5 Å². The molecule has 23 heavy (non-hydrogen) atoms. The third kappa shape index (κ3) is 5.30. The average Bonchev–Trinajstić information content (AvgIpc) is 3.00. The summed E-state index contributed by atoms with van der Waals surface area (Å²) in [6.45, 7) is 4.98. The highest BCUT2D eigenvalue weighted by molar-refractivity contribution is 7.09. The summed E-state index contributed by atoms with van der Waals surface area (Å²) >= 11 is 1.69. The molecule has 1 saturated heterocycles. The number of benzene rings is 1. The fourth-order valence-corrected chi connectivity index (χ4v) is 3.39. The van der Waals surface area contributed by atoms with E-state index < -0.39 is 0 Å². The minimum absolute atomic E-state index is 0.276. The fourth-order valence-electron chi connectivity index (χ4n) is 2.68. The Morgan fingerprint density at radius 2 is 2.35 bits per heavy atom. The topological polar surface area (TPSA) is 43.4 Å². The molecule has 0 spiro atoms. The first-order chi connectivity index (χ1) is 11.3. The van der Waals surface area contributed by atoms with Crippen LogP contribution in [0.4, 0.5) is 5.69 Å². The van der Waals surface area contributed by atoms with E-state index in [2.05, 4.69) is 39.9 Å². The Hall–Kier alpha value is -1.43. The van der Waals surface area contributed by atoms with Crippen LogP contribution in [0.1, 0.15) is 35.5 Å². The zero-order valence-corrected chi connectivity index (χ0v) is 14.4. The van der Waals surface area contributed by atoms with Crippen molar-refractivity contribution in [1.82, 2.24) is 4.98 Å². The predicted octanol–water partition coefficient (Wildman–Crippen LogP) is 4.15. The summed E-state index contributed by atoms with van der Waals surface area (Å²) < 4.78 is 11.5. The van der Waals surface area contributed by atoms with Gasteiger partial charge in [-0.1, -0.05) is 12.1 Å². The number of hydrogen-bond donors (Lipinski definition) is 1. The molecule has 1 aliphatic heterocycles. The Labute approximate surface area is 141 Å². The highest BCUT2D eigenvalue weighted by Crippen LogP contribution is 2.16. The second kappa shape index (κ2) is 8.43. The van der Waals surface area contributed by atoms with Crippen molar-refractivity contribution in [1.29, 1.82) is 0 Å². The molecule has 4 nitrogen and oxygen atoms in total. The number of aryl methyl sites for hydroxylation is 1. The number of thiazole rings is 1. The van der Waals surface area contributed by atoms with Gasteiger partial charge in [-0.2, -0.15) is 0 Å². The lowest BCUT2D eigenvalue weighted by Gasteiger charge is -2.22. The van der Waals surface area contributed by atoms with Crippen LogP contribution in [0.15, 0.2) is 29.6 Å². The SMILES string of the molecule is Cc1csc(CNc2cccc(COCC3CCCCO3)c2)n1. The molecule has 5 heteroatoms. The van der Waals surface area contributed by atoms with Crippen LogP contribution in [0.25, 0.3) is 0 Å². The van der Waals surface area contributed by atoms with Crippen molar-refractivity contribution in [2.24, 2.45) is 0 Å². The van der Waals surface area contributed by atoms with Crippen LogP contribution in [0.3, 0.4) is 0 Å². The fraction of sp³-hybridized carbons (Fsp3) is 0.500. The maximum atomic E-state index is 5.82. The molecule has 0 amide bonds. The van der Waals surface area contributed by atoms with Gasteiger partial charge in [0, 0.05) is 23.4 Å². The number of nitrogens with zero attached hydrogens (tertiary/aromatic N) is 1. The summed E-state index contributed by atoms with van der Waals surface area (Å²) in [7, 11) is 0. The second-order valence-corrected chi connectivity index (χ2v) is 6.88. The van der Waals surface area contributed by atoms with Crippen molar-refractivity contribution in [3.63, 3.8) is 0 Å². The van der Waals surface area contributed by atoms with Gasteiger partial charge in [0.25, 0.3) is 0 Å². The van der Waals surface area contributed by atoms with E-state index in [9.17, 15) is 0 Å². The zero-order valence-electron chi connectivity index (χ0n) is 13.6. The van der Waals surface area contributed by atoms with Crippen LogP contribution < -0.4 is 5.32 Å². The molecule has 0 aliphatic carbocycles. The van der Waals surface area contributed by atoms with Gasteiger partial charge in [-0.3, -0.25) is 0 Å². The van der Waals surface area contributed by atoms with E-state index in [1.54, 1.807) is 11.3 Å². The molecule has 1 aromatic carbocycles. The van der Waals surface area contributed by atoms with Crippen LogP contribution in [0.2, 0.25) is 0 Å². The molecule has 1 N–H and O–H groups in total. The van der Waals surface area contributed by atoms with E-state index >= 15 is 0 Å². The van der Waals surface area contributed by atoms with Gasteiger partial charge in [-0.15, -0.1) is 11.3 Å². The van der Waals surface area contributed by atoms with Crippen molar-refractivity contribution in [2.45, 2.75) is 45.4 Å². The third-order valence-corrected chi connectivity index (χ3v) is 4.85. The average molecular weight is 332 g/mol. The highest BCUT2D eigenvalue weighted by Gasteiger charge is 2.13. The van der Waals surface area contributed by atoms with Crippen LogP contribution in [0, 0.1) is 6.92 Å². The molecule has 124 valence electrons. The zero-order chi connectivity index (χ0) is 15.9. The molecule has 0 bridgehead atoms. The van der Waals surface area contributed by atoms with E-state index in [1.807, 2.05) is 6.92 Å². The monoisotopic (exact) mass is 332 g/mol. The Morgan fingerprint density at radius 1 is 1.39 bits per heavy atom. The van der Waals surface area contributed by atoms with Crippen LogP contribution in [0.5, 0.6) is 0 Å². The normalized spacial score (nSPS) is 18.0. The van der Waals surface area contributed by atoms with E-state index in [0.717, 1.165) is 36.0 Å². The van der Waals surface area contributed by atoms with Crippen LogP contribution in [-0.2, 0) is 22.6 Å². The Balaban J connectivity index is 1.44. The summed E-state index contributed by atoms with van der Waals surface area (Å²) in [5.41, 5.74) is 3.37. The van der Waals surface area contributed by atoms with E-state index in [-0.39, 0.29) is 6.10 Å². The van der Waals surface area contributed by atoms with Crippen molar-refractivity contribution >= 4 is 17.0 Å². The van der Waals surface area contributed by atoms with Gasteiger partial charge in [0.05, 0.1) is 25.9 Å². The predicted molar refractivity (Wildman–Crippen MR) is 93.9 cm³/mol. The van der Waals surface area contributed by atoms with E-state index in [4.69, 9.17) is 9.47 Å². The molecule has 2 aromatic rings. The Bertz CT molecular complexity index is 609. The largest absolute Gasteiger partial charge is 0.379 e. The summed E-state index contributed by atoms with van der Waals surface area (Å²) in [6.07, 6.45) is 3.83. The minimum atomic E-state index is 0.276. The van der Waals surface area contributed by atoms with Gasteiger partial charge >= 0.3 is 0 Å². The number of ether oxygens (including phenoxy) is 2. The van der Waals surface area contributed by atoms with E-state index in [1.165, 1.54) is 18.4 Å².